The van der Waals surface area contributed by atoms with Crippen molar-refractivity contribution in [1.29, 1.82) is 0 Å². The molecule has 26 heavy (non-hydrogen) atoms. The zero-order chi connectivity index (χ0) is 18.7. The molecule has 1 saturated carbocycles. The highest BCUT2D eigenvalue weighted by atomic mass is 19.4. The van der Waals surface area contributed by atoms with E-state index < -0.39 is 11.9 Å². The van der Waals surface area contributed by atoms with Crippen LogP contribution in [0.1, 0.15) is 49.3 Å². The fourth-order valence-corrected chi connectivity index (χ4v) is 3.56. The number of hydroxylamine groups is 1. The Morgan fingerprint density at radius 1 is 1.19 bits per heavy atom. The van der Waals surface area contributed by atoms with E-state index in [0.29, 0.717) is 23.6 Å². The van der Waals surface area contributed by atoms with Crippen LogP contribution in [-0.2, 0) is 11.0 Å². The zero-order valence-corrected chi connectivity index (χ0v) is 14.0. The fraction of sp³-hybridized carbons (Fsp3) is 0.444. The Hall–Kier alpha value is -2.35. The Morgan fingerprint density at radius 3 is 2.38 bits per heavy atom. The summed E-state index contributed by atoms with van der Waals surface area (Å²) in [6, 6.07) is 8.48. The lowest BCUT2D eigenvalue weighted by atomic mass is 9.77. The van der Waals surface area contributed by atoms with Crippen LogP contribution in [0.4, 0.5) is 13.2 Å². The smallest absolute Gasteiger partial charge is 0.289 e. The summed E-state index contributed by atoms with van der Waals surface area (Å²) in [6.45, 7) is 0. The summed E-state index contributed by atoms with van der Waals surface area (Å²) >= 11 is 0. The molecule has 0 spiro atoms. The van der Waals surface area contributed by atoms with E-state index in [2.05, 4.69) is 10.2 Å². The molecule has 8 heteroatoms. The van der Waals surface area contributed by atoms with Gasteiger partial charge in [-0.05, 0) is 54.7 Å². The molecule has 0 aliphatic heterocycles. The minimum atomic E-state index is -4.46. The van der Waals surface area contributed by atoms with E-state index in [9.17, 15) is 18.0 Å². The Morgan fingerprint density at radius 2 is 1.85 bits per heavy atom. The minimum Gasteiger partial charge on any atom is -0.289 e. The van der Waals surface area contributed by atoms with E-state index in [4.69, 9.17) is 5.21 Å². The number of carbonyl (C=O) groups is 1. The van der Waals surface area contributed by atoms with Gasteiger partial charge in [-0.3, -0.25) is 15.1 Å². The monoisotopic (exact) mass is 367 g/mol. The molecule has 0 unspecified atom stereocenters. The number of amides is 1. The standard InChI is InChI=1S/C18H20F3N3O2/c19-18(20,21)16-10-15(22-23-16)14-7-5-13(6-8-14)12-3-1-11(2-4-12)9-17(25)24-26/h5-8,10-12,26H,1-4,9H2,(H,22,23)(H,24,25). The van der Waals surface area contributed by atoms with Gasteiger partial charge in [0.05, 0.1) is 5.69 Å². The van der Waals surface area contributed by atoms with Crippen molar-refractivity contribution in [3.05, 3.63) is 41.6 Å². The number of halogens is 3. The van der Waals surface area contributed by atoms with Crippen molar-refractivity contribution >= 4 is 5.91 Å². The highest BCUT2D eigenvalue weighted by molar-refractivity contribution is 5.74. The second-order valence-corrected chi connectivity index (χ2v) is 6.74. The van der Waals surface area contributed by atoms with E-state index in [1.165, 1.54) is 0 Å². The summed E-state index contributed by atoms with van der Waals surface area (Å²) in [7, 11) is 0. The molecule has 0 saturated heterocycles. The maximum Gasteiger partial charge on any atom is 0.435 e. The normalized spacial score (nSPS) is 20.8. The molecule has 0 bridgehead atoms. The van der Waals surface area contributed by atoms with E-state index in [1.807, 2.05) is 12.1 Å². The number of benzene rings is 1. The van der Waals surface area contributed by atoms with Crippen LogP contribution < -0.4 is 5.48 Å². The van der Waals surface area contributed by atoms with Gasteiger partial charge in [-0.25, -0.2) is 5.48 Å². The first-order valence-electron chi connectivity index (χ1n) is 8.52. The molecule has 1 heterocycles. The van der Waals surface area contributed by atoms with Crippen molar-refractivity contribution in [2.24, 2.45) is 5.92 Å². The molecule has 1 amide bonds. The van der Waals surface area contributed by atoms with Crippen molar-refractivity contribution in [2.75, 3.05) is 0 Å². The summed E-state index contributed by atoms with van der Waals surface area (Å²) < 4.78 is 37.9. The third kappa shape index (κ3) is 4.24. The third-order valence-corrected chi connectivity index (χ3v) is 5.01. The van der Waals surface area contributed by atoms with Crippen LogP contribution in [0.2, 0.25) is 0 Å². The molecule has 1 aromatic carbocycles. The van der Waals surface area contributed by atoms with Crippen LogP contribution >= 0.6 is 0 Å². The molecular weight excluding hydrogens is 347 g/mol. The molecule has 2 aromatic rings. The number of aromatic amines is 1. The summed E-state index contributed by atoms with van der Waals surface area (Å²) in [6.07, 6.45) is -0.398. The molecular formula is C18H20F3N3O2. The second-order valence-electron chi connectivity index (χ2n) is 6.74. The SMILES string of the molecule is O=C(CC1CCC(c2ccc(-c3cc(C(F)(F)F)n[nH]3)cc2)CC1)NO. The van der Waals surface area contributed by atoms with Crippen LogP contribution in [0.3, 0.4) is 0 Å². The van der Waals surface area contributed by atoms with Crippen LogP contribution in [0.25, 0.3) is 11.3 Å². The van der Waals surface area contributed by atoms with Crippen LogP contribution in [0, 0.1) is 5.92 Å². The Labute approximate surface area is 148 Å². The van der Waals surface area contributed by atoms with Gasteiger partial charge < -0.3 is 0 Å². The Bertz CT molecular complexity index is 748. The second kappa shape index (κ2) is 7.49. The molecule has 5 nitrogen and oxygen atoms in total. The van der Waals surface area contributed by atoms with Gasteiger partial charge in [0.15, 0.2) is 5.69 Å². The van der Waals surface area contributed by atoms with Gasteiger partial charge in [0.25, 0.3) is 0 Å². The van der Waals surface area contributed by atoms with Crippen molar-refractivity contribution in [2.45, 2.75) is 44.2 Å². The predicted molar refractivity (Wildman–Crippen MR) is 88.3 cm³/mol. The maximum atomic E-state index is 12.6. The molecule has 1 aliphatic rings. The lowest BCUT2D eigenvalue weighted by molar-refractivity contribution is -0.141. The highest BCUT2D eigenvalue weighted by Crippen LogP contribution is 2.37. The molecule has 1 fully saturated rings. The molecule has 0 radical (unpaired) electrons. The van der Waals surface area contributed by atoms with Gasteiger partial charge in [-0.15, -0.1) is 0 Å². The van der Waals surface area contributed by atoms with Gasteiger partial charge in [-0.1, -0.05) is 24.3 Å². The minimum absolute atomic E-state index is 0.281. The number of nitrogens with zero attached hydrogens (tertiary/aromatic N) is 1. The fourth-order valence-electron chi connectivity index (χ4n) is 3.56. The summed E-state index contributed by atoms with van der Waals surface area (Å²) in [4.78, 5) is 11.2. The number of hydrogen-bond donors (Lipinski definition) is 3. The van der Waals surface area contributed by atoms with E-state index in [1.54, 1.807) is 17.6 Å². The van der Waals surface area contributed by atoms with E-state index in [-0.39, 0.29) is 11.8 Å². The summed E-state index contributed by atoms with van der Waals surface area (Å²) in [5, 5.41) is 14.3. The number of nitrogens with one attached hydrogen (secondary N) is 2. The van der Waals surface area contributed by atoms with Gasteiger partial charge in [0.2, 0.25) is 5.91 Å². The topological polar surface area (TPSA) is 78.0 Å². The van der Waals surface area contributed by atoms with Crippen molar-refractivity contribution < 1.29 is 23.2 Å². The van der Waals surface area contributed by atoms with Gasteiger partial charge in [-0.2, -0.15) is 18.3 Å². The molecule has 3 N–H and O–H groups in total. The average Bonchev–Trinajstić information content (AvgIpc) is 3.13. The van der Waals surface area contributed by atoms with Crippen LogP contribution in [-0.4, -0.2) is 21.3 Å². The first kappa shape index (κ1) is 18.4. The van der Waals surface area contributed by atoms with Crippen molar-refractivity contribution in [3.8, 4) is 11.3 Å². The molecule has 3 rings (SSSR count). The van der Waals surface area contributed by atoms with Gasteiger partial charge >= 0.3 is 6.18 Å². The first-order chi connectivity index (χ1) is 12.4. The average molecular weight is 367 g/mol. The lowest BCUT2D eigenvalue weighted by Crippen LogP contribution is -2.24. The largest absolute Gasteiger partial charge is 0.435 e. The predicted octanol–water partition coefficient (Wildman–Crippen LogP) is 4.26. The van der Waals surface area contributed by atoms with Gasteiger partial charge in [0, 0.05) is 6.42 Å². The number of alkyl halides is 3. The van der Waals surface area contributed by atoms with Crippen LogP contribution in [0.5, 0.6) is 0 Å². The Balaban J connectivity index is 1.62. The van der Waals surface area contributed by atoms with E-state index >= 15 is 0 Å². The van der Waals surface area contributed by atoms with Crippen molar-refractivity contribution in [1.82, 2.24) is 15.7 Å². The number of H-pyrrole nitrogens is 1. The summed E-state index contributed by atoms with van der Waals surface area (Å²) in [5.74, 6) is 0.309. The maximum absolute atomic E-state index is 12.6. The summed E-state index contributed by atoms with van der Waals surface area (Å²) in [5.41, 5.74) is 2.88. The van der Waals surface area contributed by atoms with Crippen LogP contribution in [0.15, 0.2) is 30.3 Å². The number of aromatic nitrogens is 2. The van der Waals surface area contributed by atoms with Crippen molar-refractivity contribution in [3.63, 3.8) is 0 Å². The number of rotatable bonds is 4. The Kier molecular flexibility index (Phi) is 5.31. The molecule has 140 valence electrons. The zero-order valence-electron chi connectivity index (χ0n) is 14.0. The first-order valence-corrected chi connectivity index (χ1v) is 8.52. The lowest BCUT2D eigenvalue weighted by Gasteiger charge is -2.28. The van der Waals surface area contributed by atoms with Gasteiger partial charge in [0.1, 0.15) is 0 Å². The molecule has 0 atom stereocenters. The van der Waals surface area contributed by atoms with E-state index in [0.717, 1.165) is 37.3 Å². The quantitative estimate of drug-likeness (QED) is 0.558. The molecule has 1 aliphatic carbocycles. The number of carbonyl (C=O) groups excluding carboxylic acids is 1. The molecule has 1 aromatic heterocycles. The highest BCUT2D eigenvalue weighted by Gasteiger charge is 2.34. The number of hydrogen-bond acceptors (Lipinski definition) is 3. The third-order valence-electron chi connectivity index (χ3n) is 5.01.